The van der Waals surface area contributed by atoms with E-state index in [1.165, 1.54) is 15.7 Å². The Morgan fingerprint density at radius 2 is 1.94 bits per heavy atom. The number of hydrogen-bond acceptors (Lipinski definition) is 5. The molecule has 0 saturated heterocycles. The normalized spacial score (nSPS) is 17.9. The minimum absolute atomic E-state index is 0.0346. The summed E-state index contributed by atoms with van der Waals surface area (Å²) in [7, 11) is 1.70. The molecule has 2 atom stereocenters. The van der Waals surface area contributed by atoms with E-state index in [0.29, 0.717) is 23.9 Å². The van der Waals surface area contributed by atoms with E-state index in [2.05, 4.69) is 10.1 Å². The number of nitrogens with zero attached hydrogens (tertiary/aromatic N) is 6. The number of benzene rings is 1. The number of rotatable bonds is 3. The van der Waals surface area contributed by atoms with Crippen molar-refractivity contribution in [2.75, 3.05) is 6.54 Å². The van der Waals surface area contributed by atoms with Gasteiger partial charge >= 0.3 is 6.18 Å². The largest absolute Gasteiger partial charge is 0.424 e. The van der Waals surface area contributed by atoms with Crippen molar-refractivity contribution in [2.24, 2.45) is 7.05 Å². The van der Waals surface area contributed by atoms with Crippen molar-refractivity contribution < 1.29 is 23.1 Å². The van der Waals surface area contributed by atoms with E-state index < -0.39 is 23.6 Å². The van der Waals surface area contributed by atoms with Gasteiger partial charge in [0.2, 0.25) is 5.60 Å². The fraction of sp³-hybridized carbons (Fsp3) is 0.364. The molecule has 4 rings (SSSR count). The second-order valence-corrected chi connectivity index (χ2v) is 8.28. The molecule has 0 spiro atoms. The summed E-state index contributed by atoms with van der Waals surface area (Å²) in [5.74, 6) is -0.862. The van der Waals surface area contributed by atoms with Crippen LogP contribution in [0.1, 0.15) is 47.5 Å². The number of hydrogen-bond donors (Lipinski definition) is 1. The van der Waals surface area contributed by atoms with Gasteiger partial charge in [-0.1, -0.05) is 12.1 Å². The smallest absolute Gasteiger partial charge is 0.374 e. The summed E-state index contributed by atoms with van der Waals surface area (Å²) in [6.45, 7) is 2.51. The Bertz CT molecular complexity index is 1250. The summed E-state index contributed by atoms with van der Waals surface area (Å²) in [4.78, 5) is 18.5. The summed E-state index contributed by atoms with van der Waals surface area (Å²) < 4.78 is 43.0. The zero-order valence-electron chi connectivity index (χ0n) is 18.1. The molecule has 1 N–H and O–H groups in total. The van der Waals surface area contributed by atoms with Crippen molar-refractivity contribution in [2.45, 2.75) is 38.2 Å². The quantitative estimate of drug-likeness (QED) is 0.650. The minimum atomic E-state index is -4.89. The van der Waals surface area contributed by atoms with E-state index in [9.17, 15) is 23.1 Å². The molecule has 0 bridgehead atoms. The van der Waals surface area contributed by atoms with Crippen molar-refractivity contribution in [3.8, 4) is 17.3 Å². The second kappa shape index (κ2) is 7.74. The number of carbonyl (C=O) groups is 1. The lowest BCUT2D eigenvalue weighted by molar-refractivity contribution is -0.263. The van der Waals surface area contributed by atoms with Crippen LogP contribution in [0, 0.1) is 11.3 Å². The number of aromatic nitrogens is 4. The van der Waals surface area contributed by atoms with Crippen LogP contribution in [0.2, 0.25) is 0 Å². The molecule has 8 nitrogen and oxygen atoms in total. The average Bonchev–Trinajstić information content (AvgIpc) is 3.37. The van der Waals surface area contributed by atoms with E-state index in [0.717, 1.165) is 5.56 Å². The molecule has 0 fully saturated rings. The Balaban J connectivity index is 1.60. The van der Waals surface area contributed by atoms with Crippen molar-refractivity contribution >= 4 is 5.91 Å². The Kier molecular flexibility index (Phi) is 5.29. The number of fused-ring (bicyclic) bond motifs is 1. The molecule has 172 valence electrons. The molecule has 33 heavy (non-hydrogen) atoms. The van der Waals surface area contributed by atoms with Gasteiger partial charge in [-0.05, 0) is 37.6 Å². The molecule has 1 aliphatic heterocycles. The van der Waals surface area contributed by atoms with E-state index in [4.69, 9.17) is 5.26 Å². The van der Waals surface area contributed by atoms with Gasteiger partial charge in [-0.3, -0.25) is 9.48 Å². The molecule has 3 heterocycles. The van der Waals surface area contributed by atoms with E-state index in [1.54, 1.807) is 49.0 Å². The van der Waals surface area contributed by atoms with Crippen LogP contribution in [0.15, 0.2) is 36.5 Å². The fourth-order valence-electron chi connectivity index (χ4n) is 4.03. The number of nitriles is 1. The molecule has 0 saturated carbocycles. The van der Waals surface area contributed by atoms with E-state index in [1.807, 2.05) is 6.07 Å². The first-order valence-electron chi connectivity index (χ1n) is 10.1. The van der Waals surface area contributed by atoms with Crippen LogP contribution in [-0.2, 0) is 19.2 Å². The number of aliphatic hydroxyl groups is 1. The lowest BCUT2D eigenvalue weighted by Gasteiger charge is -2.35. The standard InChI is InChI=1S/C22H21F3N6O2/c1-13-11-30(12-16-10-27-20(31(13)16)21(2,33)22(23,24)25)19(32)17-8-18(29(3)28-17)15-6-4-14(9-26)5-7-15/h4-8,10,13,33H,11-12H2,1-3H3/t13-,21+/m0/s1. The molecular weight excluding hydrogens is 437 g/mol. The first-order chi connectivity index (χ1) is 15.4. The third-order valence-electron chi connectivity index (χ3n) is 5.84. The maximum Gasteiger partial charge on any atom is 0.424 e. The van der Waals surface area contributed by atoms with Crippen LogP contribution in [0.25, 0.3) is 11.3 Å². The van der Waals surface area contributed by atoms with E-state index >= 15 is 0 Å². The zero-order valence-corrected chi connectivity index (χ0v) is 18.1. The van der Waals surface area contributed by atoms with Gasteiger partial charge < -0.3 is 14.6 Å². The topological polar surface area (TPSA) is 100.0 Å². The molecule has 0 aliphatic carbocycles. The SMILES string of the molecule is C[C@H]1CN(C(=O)c2cc(-c3ccc(C#N)cc3)n(C)n2)Cc2cnc([C@@](C)(O)C(F)(F)F)n21. The summed E-state index contributed by atoms with van der Waals surface area (Å²) in [5, 5.41) is 23.4. The third-order valence-corrected chi connectivity index (χ3v) is 5.84. The Hall–Kier alpha value is -3.65. The number of carbonyl (C=O) groups excluding carboxylic acids is 1. The lowest BCUT2D eigenvalue weighted by atomic mass is 10.0. The first-order valence-corrected chi connectivity index (χ1v) is 10.1. The molecule has 0 radical (unpaired) electrons. The van der Waals surface area contributed by atoms with Gasteiger partial charge in [0.05, 0.1) is 41.8 Å². The number of aryl methyl sites for hydroxylation is 1. The van der Waals surface area contributed by atoms with Crippen molar-refractivity contribution in [3.05, 3.63) is 59.3 Å². The Morgan fingerprint density at radius 3 is 2.55 bits per heavy atom. The Morgan fingerprint density at radius 1 is 1.27 bits per heavy atom. The highest BCUT2D eigenvalue weighted by Crippen LogP contribution is 2.40. The van der Waals surface area contributed by atoms with Gasteiger partial charge in [0, 0.05) is 13.6 Å². The van der Waals surface area contributed by atoms with Gasteiger partial charge in [-0.15, -0.1) is 0 Å². The average molecular weight is 458 g/mol. The van der Waals surface area contributed by atoms with Gasteiger partial charge in [0.1, 0.15) is 0 Å². The maximum atomic E-state index is 13.3. The monoisotopic (exact) mass is 458 g/mol. The molecule has 0 unspecified atom stereocenters. The zero-order chi connectivity index (χ0) is 24.1. The van der Waals surface area contributed by atoms with Crippen molar-refractivity contribution in [3.63, 3.8) is 0 Å². The number of alkyl halides is 3. The summed E-state index contributed by atoms with van der Waals surface area (Å²) in [6, 6.07) is 10.0. The van der Waals surface area contributed by atoms with Crippen LogP contribution in [0.3, 0.4) is 0 Å². The van der Waals surface area contributed by atoms with Crippen molar-refractivity contribution in [1.82, 2.24) is 24.2 Å². The van der Waals surface area contributed by atoms with Gasteiger partial charge in [-0.25, -0.2) is 4.98 Å². The number of halogens is 3. The second-order valence-electron chi connectivity index (χ2n) is 8.28. The van der Waals surface area contributed by atoms with Crippen LogP contribution < -0.4 is 0 Å². The molecular formula is C22H21F3N6O2. The van der Waals surface area contributed by atoms with Gasteiger partial charge in [0.25, 0.3) is 5.91 Å². The third kappa shape index (κ3) is 3.76. The molecule has 3 aromatic rings. The number of imidazole rings is 1. The molecule has 1 aliphatic rings. The fourth-order valence-corrected chi connectivity index (χ4v) is 4.03. The lowest BCUT2D eigenvalue weighted by Crippen LogP contribution is -2.45. The summed E-state index contributed by atoms with van der Waals surface area (Å²) >= 11 is 0. The van der Waals surface area contributed by atoms with E-state index in [-0.39, 0.29) is 24.7 Å². The predicted molar refractivity (Wildman–Crippen MR) is 111 cm³/mol. The molecule has 11 heteroatoms. The molecule has 2 aromatic heterocycles. The molecule has 1 aromatic carbocycles. The van der Waals surface area contributed by atoms with Crippen LogP contribution in [0.5, 0.6) is 0 Å². The highest BCUT2D eigenvalue weighted by molar-refractivity contribution is 5.93. The first kappa shape index (κ1) is 22.5. The minimum Gasteiger partial charge on any atom is -0.374 e. The van der Waals surface area contributed by atoms with Crippen LogP contribution in [-0.4, -0.2) is 48.0 Å². The summed E-state index contributed by atoms with van der Waals surface area (Å²) in [5.41, 5.74) is -0.541. The molecule has 1 amide bonds. The van der Waals surface area contributed by atoms with Crippen LogP contribution in [0.4, 0.5) is 13.2 Å². The number of amides is 1. The maximum absolute atomic E-state index is 13.3. The predicted octanol–water partition coefficient (Wildman–Crippen LogP) is 3.14. The van der Waals surface area contributed by atoms with Gasteiger partial charge in [0.15, 0.2) is 11.5 Å². The highest BCUT2D eigenvalue weighted by atomic mass is 19.4. The highest BCUT2D eigenvalue weighted by Gasteiger charge is 2.55. The summed E-state index contributed by atoms with van der Waals surface area (Å²) in [6.07, 6.45) is -3.64. The Labute approximate surface area is 187 Å². The van der Waals surface area contributed by atoms with Crippen molar-refractivity contribution in [1.29, 1.82) is 5.26 Å². The van der Waals surface area contributed by atoms with Crippen LogP contribution >= 0.6 is 0 Å². The van der Waals surface area contributed by atoms with Gasteiger partial charge in [-0.2, -0.15) is 23.5 Å².